The van der Waals surface area contributed by atoms with Gasteiger partial charge < -0.3 is 14.0 Å². The van der Waals surface area contributed by atoms with E-state index in [0.717, 1.165) is 5.56 Å². The molecule has 1 aromatic carbocycles. The number of carbonyl (C=O) groups is 1. The molecule has 1 aromatic rings. The zero-order valence-electron chi connectivity index (χ0n) is 13.6. The maximum atomic E-state index is 11.7. The highest BCUT2D eigenvalue weighted by atomic mass is 28.4. The van der Waals surface area contributed by atoms with E-state index in [1.54, 1.807) is 0 Å². The molecule has 0 unspecified atom stereocenters. The van der Waals surface area contributed by atoms with Gasteiger partial charge in [-0.15, -0.1) is 0 Å². The van der Waals surface area contributed by atoms with Crippen LogP contribution in [0.1, 0.15) is 5.56 Å². The molecule has 6 heteroatoms. The van der Waals surface area contributed by atoms with E-state index in [9.17, 15) is 9.90 Å². The summed E-state index contributed by atoms with van der Waals surface area (Å²) in [5, 5.41) is 9.54. The fourth-order valence-electron chi connectivity index (χ4n) is 1.63. The van der Waals surface area contributed by atoms with Crippen molar-refractivity contribution in [2.45, 2.75) is 39.3 Å². The smallest absolute Gasteiger partial charge is 0.373 e. The molecule has 116 valence electrons. The summed E-state index contributed by atoms with van der Waals surface area (Å²) in [5.41, 5.74) is 0.732. The SMILES string of the molecule is C[Si](C)(C)OC(C(=O)O)=C(O[Si](C)(C)C)c1ccccc1. The predicted octanol–water partition coefficient (Wildman–Crippen LogP) is 4.14. The van der Waals surface area contributed by atoms with Crippen LogP contribution in [0.5, 0.6) is 0 Å². The lowest BCUT2D eigenvalue weighted by Crippen LogP contribution is -2.31. The molecule has 0 spiro atoms. The standard InChI is InChI=1S/C15H24O4Si2/c1-20(2,3)18-13(12-10-8-7-9-11-12)14(15(16)17)19-21(4,5)6/h7-11H,1-6H3,(H,16,17). The summed E-state index contributed by atoms with van der Waals surface area (Å²) in [6, 6.07) is 9.28. The monoisotopic (exact) mass is 324 g/mol. The first-order valence-electron chi connectivity index (χ1n) is 6.90. The van der Waals surface area contributed by atoms with Gasteiger partial charge in [-0.1, -0.05) is 30.3 Å². The normalized spacial score (nSPS) is 13.4. The number of benzene rings is 1. The summed E-state index contributed by atoms with van der Waals surface area (Å²) in [7, 11) is -4.03. The van der Waals surface area contributed by atoms with Gasteiger partial charge >= 0.3 is 5.97 Å². The van der Waals surface area contributed by atoms with E-state index >= 15 is 0 Å². The quantitative estimate of drug-likeness (QED) is 0.485. The summed E-state index contributed by atoms with van der Waals surface area (Å²) in [4.78, 5) is 11.7. The Kier molecular flexibility index (Phi) is 5.41. The van der Waals surface area contributed by atoms with Crippen LogP contribution >= 0.6 is 0 Å². The van der Waals surface area contributed by atoms with E-state index in [1.807, 2.05) is 69.6 Å². The molecule has 0 atom stereocenters. The largest absolute Gasteiger partial charge is 0.541 e. The van der Waals surface area contributed by atoms with Gasteiger partial charge in [-0.25, -0.2) is 4.79 Å². The van der Waals surface area contributed by atoms with Gasteiger partial charge in [-0.3, -0.25) is 0 Å². The van der Waals surface area contributed by atoms with Gasteiger partial charge in [0.2, 0.25) is 22.4 Å². The van der Waals surface area contributed by atoms with Crippen LogP contribution in [0.3, 0.4) is 0 Å². The molecule has 0 aromatic heterocycles. The average molecular weight is 325 g/mol. The first-order valence-corrected chi connectivity index (χ1v) is 13.7. The lowest BCUT2D eigenvalue weighted by molar-refractivity contribution is -0.135. The average Bonchev–Trinajstić information content (AvgIpc) is 2.32. The Labute approximate surface area is 128 Å². The first kappa shape index (κ1) is 17.5. The second-order valence-corrected chi connectivity index (χ2v) is 15.6. The summed E-state index contributed by atoms with van der Waals surface area (Å²) in [6.45, 7) is 11.9. The van der Waals surface area contributed by atoms with Crippen LogP contribution in [0.2, 0.25) is 39.3 Å². The molecule has 1 rings (SSSR count). The fraction of sp³-hybridized carbons (Fsp3) is 0.400. The Balaban J connectivity index is 3.42. The Morgan fingerprint density at radius 3 is 1.76 bits per heavy atom. The van der Waals surface area contributed by atoms with Crippen LogP contribution in [0, 0.1) is 0 Å². The molecule has 4 nitrogen and oxygen atoms in total. The van der Waals surface area contributed by atoms with Crippen molar-refractivity contribution < 1.29 is 18.8 Å². The van der Waals surface area contributed by atoms with Crippen LogP contribution in [0.15, 0.2) is 36.1 Å². The Morgan fingerprint density at radius 2 is 1.38 bits per heavy atom. The van der Waals surface area contributed by atoms with Crippen LogP contribution < -0.4 is 0 Å². The zero-order chi connectivity index (χ0) is 16.3. The maximum absolute atomic E-state index is 11.7. The lowest BCUT2D eigenvalue weighted by Gasteiger charge is -2.26. The molecule has 0 radical (unpaired) electrons. The molecule has 0 bridgehead atoms. The van der Waals surface area contributed by atoms with Gasteiger partial charge in [-0.05, 0) is 39.3 Å². The summed E-state index contributed by atoms with van der Waals surface area (Å²) < 4.78 is 11.8. The molecule has 0 saturated heterocycles. The van der Waals surface area contributed by atoms with Crippen molar-refractivity contribution in [2.75, 3.05) is 0 Å². The van der Waals surface area contributed by atoms with Crippen molar-refractivity contribution in [3.8, 4) is 0 Å². The van der Waals surface area contributed by atoms with E-state index < -0.39 is 22.6 Å². The number of carboxylic acid groups (broad SMARTS) is 1. The second-order valence-electron chi connectivity index (χ2n) is 6.76. The fourth-order valence-corrected chi connectivity index (χ4v) is 3.24. The highest BCUT2D eigenvalue weighted by molar-refractivity contribution is 6.71. The molecular formula is C15H24O4Si2. The van der Waals surface area contributed by atoms with Crippen molar-refractivity contribution in [2.24, 2.45) is 0 Å². The third kappa shape index (κ3) is 6.18. The number of hydrogen-bond donors (Lipinski definition) is 1. The third-order valence-corrected chi connectivity index (χ3v) is 3.89. The Morgan fingerprint density at radius 1 is 0.905 bits per heavy atom. The Hall–Kier alpha value is -1.54. The van der Waals surface area contributed by atoms with Crippen molar-refractivity contribution in [3.05, 3.63) is 41.7 Å². The van der Waals surface area contributed by atoms with Gasteiger partial charge in [0.25, 0.3) is 0 Å². The van der Waals surface area contributed by atoms with Crippen LogP contribution in [-0.4, -0.2) is 27.7 Å². The van der Waals surface area contributed by atoms with Crippen molar-refractivity contribution in [1.82, 2.24) is 0 Å². The van der Waals surface area contributed by atoms with Gasteiger partial charge in [0, 0.05) is 5.56 Å². The van der Waals surface area contributed by atoms with Crippen molar-refractivity contribution >= 4 is 28.4 Å². The van der Waals surface area contributed by atoms with Crippen LogP contribution in [0.25, 0.3) is 5.76 Å². The van der Waals surface area contributed by atoms with E-state index in [-0.39, 0.29) is 5.76 Å². The molecule has 0 aliphatic rings. The minimum Gasteiger partial charge on any atom is -0.541 e. The zero-order valence-corrected chi connectivity index (χ0v) is 15.6. The third-order valence-electron chi connectivity index (χ3n) is 2.25. The molecule has 0 heterocycles. The molecule has 0 fully saturated rings. The predicted molar refractivity (Wildman–Crippen MR) is 89.9 cm³/mol. The topological polar surface area (TPSA) is 55.8 Å². The van der Waals surface area contributed by atoms with E-state index in [2.05, 4.69) is 0 Å². The first-order chi connectivity index (χ1) is 9.49. The summed E-state index contributed by atoms with van der Waals surface area (Å²) >= 11 is 0. The minimum atomic E-state index is -2.06. The van der Waals surface area contributed by atoms with E-state index in [1.165, 1.54) is 0 Å². The summed E-state index contributed by atoms with van der Waals surface area (Å²) in [6.07, 6.45) is 0. The van der Waals surface area contributed by atoms with E-state index in [0.29, 0.717) is 5.76 Å². The minimum absolute atomic E-state index is 0.0807. The number of carboxylic acids is 1. The molecule has 0 aliphatic heterocycles. The molecule has 0 saturated carbocycles. The lowest BCUT2D eigenvalue weighted by atomic mass is 10.2. The number of hydrogen-bond acceptors (Lipinski definition) is 3. The maximum Gasteiger partial charge on any atom is 0.373 e. The van der Waals surface area contributed by atoms with Gasteiger partial charge in [0.1, 0.15) is 0 Å². The summed E-state index contributed by atoms with van der Waals surface area (Å²) in [5.74, 6) is -0.831. The Bertz CT molecular complexity index is 525. The van der Waals surface area contributed by atoms with Gasteiger partial charge in [0.05, 0.1) is 0 Å². The molecular weight excluding hydrogens is 300 g/mol. The highest BCUT2D eigenvalue weighted by Gasteiger charge is 2.29. The molecule has 0 amide bonds. The van der Waals surface area contributed by atoms with Crippen LogP contribution in [-0.2, 0) is 13.6 Å². The van der Waals surface area contributed by atoms with Crippen LogP contribution in [0.4, 0.5) is 0 Å². The molecule has 1 N–H and O–H groups in total. The molecule has 0 aliphatic carbocycles. The highest BCUT2D eigenvalue weighted by Crippen LogP contribution is 2.27. The van der Waals surface area contributed by atoms with Crippen molar-refractivity contribution in [3.63, 3.8) is 0 Å². The van der Waals surface area contributed by atoms with Crippen molar-refractivity contribution in [1.29, 1.82) is 0 Å². The van der Waals surface area contributed by atoms with Gasteiger partial charge in [-0.2, -0.15) is 0 Å². The van der Waals surface area contributed by atoms with E-state index in [4.69, 9.17) is 8.85 Å². The number of aliphatic carboxylic acids is 1. The number of rotatable bonds is 6. The van der Waals surface area contributed by atoms with Gasteiger partial charge in [0.15, 0.2) is 5.76 Å². The second kappa shape index (κ2) is 6.49. The molecule has 21 heavy (non-hydrogen) atoms.